The van der Waals surface area contributed by atoms with Crippen LogP contribution in [0.5, 0.6) is 0 Å². The Hall–Kier alpha value is -0.730. The van der Waals surface area contributed by atoms with Gasteiger partial charge in [-0.25, -0.2) is 0 Å². The average molecular weight is 290 g/mol. The zero-order chi connectivity index (χ0) is 14.4. The Morgan fingerprint density at radius 1 is 1.05 bits per heavy atom. The molecule has 0 aromatic heterocycles. The summed E-state index contributed by atoms with van der Waals surface area (Å²) in [4.78, 5) is 11.1. The van der Waals surface area contributed by atoms with Gasteiger partial charge in [-0.1, -0.05) is 6.92 Å². The minimum Gasteiger partial charge on any atom is -0.460 e. The van der Waals surface area contributed by atoms with Crippen LogP contribution in [0.4, 0.5) is 0 Å². The van der Waals surface area contributed by atoms with Gasteiger partial charge in [-0.2, -0.15) is 0 Å². The van der Waals surface area contributed by atoms with Crippen molar-refractivity contribution in [1.82, 2.24) is 0 Å². The van der Waals surface area contributed by atoms with Crippen LogP contribution in [0.25, 0.3) is 0 Å². The Morgan fingerprint density at radius 2 is 1.55 bits per heavy atom. The van der Waals surface area contributed by atoms with Crippen LogP contribution in [0.1, 0.15) is 13.3 Å². The van der Waals surface area contributed by atoms with Crippen molar-refractivity contribution < 1.29 is 33.2 Å². The van der Waals surface area contributed by atoms with Crippen LogP contribution in [0, 0.1) is 5.41 Å². The van der Waals surface area contributed by atoms with E-state index in [1.54, 1.807) is 14.0 Å². The predicted octanol–water partition coefficient (Wildman–Crippen LogP) is 0.318. The molecule has 0 N–H and O–H groups in total. The third kappa shape index (κ3) is 4.13. The van der Waals surface area contributed by atoms with Crippen molar-refractivity contribution in [3.8, 4) is 0 Å². The highest BCUT2D eigenvalue weighted by Crippen LogP contribution is 2.30. The van der Waals surface area contributed by atoms with E-state index in [2.05, 4.69) is 0 Å². The lowest BCUT2D eigenvalue weighted by Gasteiger charge is -2.43. The molecule has 0 saturated carbocycles. The highest BCUT2D eigenvalue weighted by atomic mass is 16.7. The van der Waals surface area contributed by atoms with Crippen molar-refractivity contribution in [3.05, 3.63) is 0 Å². The van der Waals surface area contributed by atoms with Crippen LogP contribution in [-0.4, -0.2) is 65.3 Å². The SMILES string of the molecule is CCC(=O)OCC1OCC2(COC(COC)OC2)CO1. The maximum Gasteiger partial charge on any atom is 0.305 e. The summed E-state index contributed by atoms with van der Waals surface area (Å²) in [6.07, 6.45) is -0.485. The van der Waals surface area contributed by atoms with Gasteiger partial charge >= 0.3 is 5.97 Å². The van der Waals surface area contributed by atoms with E-state index in [9.17, 15) is 4.79 Å². The average Bonchev–Trinajstić information content (AvgIpc) is 2.49. The van der Waals surface area contributed by atoms with E-state index in [-0.39, 0.29) is 24.3 Å². The van der Waals surface area contributed by atoms with Gasteiger partial charge in [0, 0.05) is 13.5 Å². The number of methoxy groups -OCH3 is 1. The molecule has 0 amide bonds. The molecular weight excluding hydrogens is 268 g/mol. The molecule has 2 aliphatic heterocycles. The summed E-state index contributed by atoms with van der Waals surface area (Å²) in [6.45, 7) is 4.20. The predicted molar refractivity (Wildman–Crippen MR) is 66.9 cm³/mol. The molecule has 0 aromatic carbocycles. The Kier molecular flexibility index (Phi) is 5.74. The lowest BCUT2D eigenvalue weighted by atomic mass is 9.91. The Morgan fingerprint density at radius 3 is 2.00 bits per heavy atom. The zero-order valence-corrected chi connectivity index (χ0v) is 12.0. The van der Waals surface area contributed by atoms with Gasteiger partial charge in [0.15, 0.2) is 12.6 Å². The number of carbonyl (C=O) groups excluding carboxylic acids is 1. The van der Waals surface area contributed by atoms with Gasteiger partial charge in [0.1, 0.15) is 6.61 Å². The Balaban J connectivity index is 1.70. The summed E-state index contributed by atoms with van der Waals surface area (Å²) in [6, 6.07) is 0. The molecular formula is C13H22O7. The van der Waals surface area contributed by atoms with Gasteiger partial charge < -0.3 is 28.4 Å². The lowest BCUT2D eigenvalue weighted by molar-refractivity contribution is -0.311. The van der Waals surface area contributed by atoms with Crippen LogP contribution >= 0.6 is 0 Å². The van der Waals surface area contributed by atoms with Crippen LogP contribution in [0.3, 0.4) is 0 Å². The highest BCUT2D eigenvalue weighted by molar-refractivity contribution is 5.68. The summed E-state index contributed by atoms with van der Waals surface area (Å²) in [5.74, 6) is -0.260. The molecule has 20 heavy (non-hydrogen) atoms. The third-order valence-corrected chi connectivity index (χ3v) is 3.27. The maximum atomic E-state index is 11.1. The van der Waals surface area contributed by atoms with E-state index in [0.717, 1.165) is 0 Å². The monoisotopic (exact) mass is 290 g/mol. The molecule has 0 atom stereocenters. The van der Waals surface area contributed by atoms with Crippen molar-refractivity contribution in [2.45, 2.75) is 25.9 Å². The van der Waals surface area contributed by atoms with Crippen molar-refractivity contribution in [2.75, 3.05) is 46.8 Å². The lowest BCUT2D eigenvalue weighted by Crippen LogP contribution is -2.53. The van der Waals surface area contributed by atoms with E-state index in [1.165, 1.54) is 0 Å². The van der Waals surface area contributed by atoms with E-state index < -0.39 is 6.29 Å². The van der Waals surface area contributed by atoms with E-state index in [1.807, 2.05) is 0 Å². The second kappa shape index (κ2) is 7.33. The summed E-state index contributed by atoms with van der Waals surface area (Å²) in [5.41, 5.74) is -0.282. The van der Waals surface area contributed by atoms with E-state index in [0.29, 0.717) is 39.5 Å². The molecule has 2 heterocycles. The molecule has 0 bridgehead atoms. The van der Waals surface area contributed by atoms with Crippen LogP contribution in [-0.2, 0) is 33.2 Å². The van der Waals surface area contributed by atoms with Gasteiger partial charge in [0.2, 0.25) is 0 Å². The molecule has 2 aliphatic rings. The molecule has 2 saturated heterocycles. The van der Waals surface area contributed by atoms with Crippen molar-refractivity contribution in [3.63, 3.8) is 0 Å². The van der Waals surface area contributed by atoms with Gasteiger partial charge in [-0.3, -0.25) is 4.79 Å². The summed E-state index contributed by atoms with van der Waals surface area (Å²) in [5, 5.41) is 0. The molecule has 0 aliphatic carbocycles. The first-order valence-electron chi connectivity index (χ1n) is 6.78. The van der Waals surface area contributed by atoms with Crippen LogP contribution in [0.2, 0.25) is 0 Å². The first kappa shape index (κ1) is 15.7. The Bertz CT molecular complexity index is 302. The molecule has 116 valence electrons. The third-order valence-electron chi connectivity index (χ3n) is 3.27. The Labute approximate surface area is 118 Å². The maximum absolute atomic E-state index is 11.1. The van der Waals surface area contributed by atoms with Crippen molar-refractivity contribution in [1.29, 1.82) is 0 Å². The van der Waals surface area contributed by atoms with Crippen molar-refractivity contribution >= 4 is 5.97 Å². The van der Waals surface area contributed by atoms with Gasteiger partial charge in [0.25, 0.3) is 0 Å². The van der Waals surface area contributed by atoms with E-state index >= 15 is 0 Å². The van der Waals surface area contributed by atoms with Gasteiger partial charge in [-0.05, 0) is 0 Å². The number of hydrogen-bond acceptors (Lipinski definition) is 7. The zero-order valence-electron chi connectivity index (χ0n) is 12.0. The first-order chi connectivity index (χ1) is 9.67. The molecule has 0 radical (unpaired) electrons. The number of hydrogen-bond donors (Lipinski definition) is 0. The molecule has 7 nitrogen and oxygen atoms in total. The first-order valence-corrected chi connectivity index (χ1v) is 6.78. The summed E-state index contributed by atoms with van der Waals surface area (Å²) >= 11 is 0. The van der Waals surface area contributed by atoms with Crippen LogP contribution in [0.15, 0.2) is 0 Å². The normalized spacial score (nSPS) is 34.1. The second-order valence-electron chi connectivity index (χ2n) is 5.10. The second-order valence-corrected chi connectivity index (χ2v) is 5.10. The minimum atomic E-state index is -0.507. The van der Waals surface area contributed by atoms with Gasteiger partial charge in [0.05, 0.1) is 38.4 Å². The standard InChI is InChI=1S/C13H22O7/c1-3-10(14)16-5-12-19-8-13(9-20-12)6-17-11(4-15-2)18-7-13/h11-12H,3-9H2,1-2H3. The molecule has 2 fully saturated rings. The highest BCUT2D eigenvalue weighted by Gasteiger charge is 2.42. The van der Waals surface area contributed by atoms with E-state index in [4.69, 9.17) is 28.4 Å². The fraction of sp³-hybridized carbons (Fsp3) is 0.923. The molecule has 0 unspecified atom stereocenters. The van der Waals surface area contributed by atoms with Gasteiger partial charge in [-0.15, -0.1) is 0 Å². The smallest absolute Gasteiger partial charge is 0.305 e. The molecule has 7 heteroatoms. The summed E-state index contributed by atoms with van der Waals surface area (Å²) < 4.78 is 32.2. The number of ether oxygens (including phenoxy) is 6. The summed E-state index contributed by atoms with van der Waals surface area (Å²) in [7, 11) is 1.60. The topological polar surface area (TPSA) is 72.5 Å². The largest absolute Gasteiger partial charge is 0.460 e. The van der Waals surface area contributed by atoms with Crippen LogP contribution < -0.4 is 0 Å². The number of rotatable bonds is 5. The number of esters is 1. The quantitative estimate of drug-likeness (QED) is 0.675. The minimum absolute atomic E-state index is 0.122. The fourth-order valence-corrected chi connectivity index (χ4v) is 2.02. The van der Waals surface area contributed by atoms with Crippen molar-refractivity contribution in [2.24, 2.45) is 5.41 Å². The molecule has 2 rings (SSSR count). The molecule has 0 aromatic rings. The molecule has 1 spiro atoms. The fourth-order valence-electron chi connectivity index (χ4n) is 2.02. The number of carbonyl (C=O) groups is 1.